The van der Waals surface area contributed by atoms with E-state index in [0.29, 0.717) is 6.04 Å². The Morgan fingerprint density at radius 3 is 2.63 bits per heavy atom. The maximum Gasteiger partial charge on any atom is 0.203 e. The van der Waals surface area contributed by atoms with Crippen LogP contribution in [0, 0.1) is 5.92 Å². The maximum absolute atomic E-state index is 4.70. The van der Waals surface area contributed by atoms with Crippen molar-refractivity contribution in [3.05, 3.63) is 24.3 Å². The molecule has 1 fully saturated rings. The smallest absolute Gasteiger partial charge is 0.203 e. The number of benzene rings is 1. The molecule has 19 heavy (non-hydrogen) atoms. The molecule has 102 valence electrons. The molecule has 3 heteroatoms. The first-order valence-electron chi connectivity index (χ1n) is 7.46. The zero-order valence-corrected chi connectivity index (χ0v) is 11.9. The average molecular weight is 257 g/mol. The molecule has 1 heterocycles. The Labute approximate surface area is 115 Å². The van der Waals surface area contributed by atoms with Gasteiger partial charge in [0, 0.05) is 13.1 Å². The number of para-hydroxylation sites is 2. The van der Waals surface area contributed by atoms with Gasteiger partial charge in [-0.05, 0) is 43.7 Å². The standard InChI is InChI=1S/C16H23N3/c1-3-12-8-10-13(11-9-12)17-16-18-14-6-4-5-7-15(14)19(16)2/h4-7,12-13H,3,8-11H2,1-2H3,(H,17,18). The monoisotopic (exact) mass is 257 g/mol. The fourth-order valence-electron chi connectivity index (χ4n) is 3.17. The normalized spacial score (nSPS) is 23.7. The lowest BCUT2D eigenvalue weighted by molar-refractivity contribution is 0.329. The summed E-state index contributed by atoms with van der Waals surface area (Å²) in [5.41, 5.74) is 2.28. The molecule has 1 saturated carbocycles. The number of anilines is 1. The summed E-state index contributed by atoms with van der Waals surface area (Å²) < 4.78 is 2.17. The van der Waals surface area contributed by atoms with Crippen molar-refractivity contribution < 1.29 is 0 Å². The van der Waals surface area contributed by atoms with E-state index in [1.54, 1.807) is 0 Å². The Bertz CT molecular complexity index is 550. The topological polar surface area (TPSA) is 29.9 Å². The van der Waals surface area contributed by atoms with E-state index in [1.165, 1.54) is 37.6 Å². The summed E-state index contributed by atoms with van der Waals surface area (Å²) in [7, 11) is 2.09. The van der Waals surface area contributed by atoms with E-state index >= 15 is 0 Å². The molecule has 0 atom stereocenters. The lowest BCUT2D eigenvalue weighted by Crippen LogP contribution is -2.27. The molecule has 1 aromatic carbocycles. The molecule has 0 spiro atoms. The highest BCUT2D eigenvalue weighted by Crippen LogP contribution is 2.28. The number of hydrogen-bond donors (Lipinski definition) is 1. The third-order valence-corrected chi connectivity index (χ3v) is 4.54. The predicted octanol–water partition coefficient (Wildman–Crippen LogP) is 3.95. The molecular weight excluding hydrogens is 234 g/mol. The fraction of sp³-hybridized carbons (Fsp3) is 0.562. The Hall–Kier alpha value is -1.51. The van der Waals surface area contributed by atoms with Crippen LogP contribution in [0.15, 0.2) is 24.3 Å². The third kappa shape index (κ3) is 2.46. The minimum Gasteiger partial charge on any atom is -0.353 e. The largest absolute Gasteiger partial charge is 0.353 e. The van der Waals surface area contributed by atoms with Crippen LogP contribution in [-0.4, -0.2) is 15.6 Å². The first-order valence-corrected chi connectivity index (χ1v) is 7.46. The number of hydrogen-bond acceptors (Lipinski definition) is 2. The van der Waals surface area contributed by atoms with Crippen LogP contribution in [0.4, 0.5) is 5.95 Å². The minimum atomic E-state index is 0.596. The first-order chi connectivity index (χ1) is 9.28. The number of fused-ring (bicyclic) bond motifs is 1. The Morgan fingerprint density at radius 1 is 1.21 bits per heavy atom. The third-order valence-electron chi connectivity index (χ3n) is 4.54. The van der Waals surface area contributed by atoms with E-state index in [9.17, 15) is 0 Å². The highest BCUT2D eigenvalue weighted by atomic mass is 15.2. The van der Waals surface area contributed by atoms with Crippen LogP contribution < -0.4 is 5.32 Å². The van der Waals surface area contributed by atoms with E-state index in [1.807, 2.05) is 6.07 Å². The summed E-state index contributed by atoms with van der Waals surface area (Å²) in [6.45, 7) is 2.31. The Kier molecular flexibility index (Phi) is 3.45. The number of imidazole rings is 1. The quantitative estimate of drug-likeness (QED) is 0.902. The van der Waals surface area contributed by atoms with E-state index < -0.39 is 0 Å². The van der Waals surface area contributed by atoms with Crippen molar-refractivity contribution >= 4 is 17.0 Å². The molecule has 0 bridgehead atoms. The molecule has 0 amide bonds. The molecule has 0 aliphatic heterocycles. The summed E-state index contributed by atoms with van der Waals surface area (Å²) in [6, 6.07) is 8.92. The van der Waals surface area contributed by atoms with Gasteiger partial charge in [-0.2, -0.15) is 0 Å². The van der Waals surface area contributed by atoms with Crippen LogP contribution in [0.3, 0.4) is 0 Å². The first kappa shape index (κ1) is 12.5. The second-order valence-corrected chi connectivity index (χ2v) is 5.75. The van der Waals surface area contributed by atoms with Gasteiger partial charge >= 0.3 is 0 Å². The summed E-state index contributed by atoms with van der Waals surface area (Å²) in [6.07, 6.45) is 6.61. The summed E-state index contributed by atoms with van der Waals surface area (Å²) in [4.78, 5) is 4.70. The molecule has 2 aromatic rings. The van der Waals surface area contributed by atoms with Gasteiger partial charge in [0.15, 0.2) is 0 Å². The van der Waals surface area contributed by atoms with Crippen molar-refractivity contribution in [1.29, 1.82) is 0 Å². The van der Waals surface area contributed by atoms with Crippen LogP contribution in [0.5, 0.6) is 0 Å². The van der Waals surface area contributed by atoms with E-state index in [4.69, 9.17) is 4.98 Å². The lowest BCUT2D eigenvalue weighted by atomic mass is 9.85. The zero-order valence-electron chi connectivity index (χ0n) is 11.9. The van der Waals surface area contributed by atoms with Gasteiger partial charge in [-0.15, -0.1) is 0 Å². The SMILES string of the molecule is CCC1CCC(Nc2nc3ccccc3n2C)CC1. The number of nitrogens with one attached hydrogen (secondary N) is 1. The van der Waals surface area contributed by atoms with Crippen molar-refractivity contribution in [1.82, 2.24) is 9.55 Å². The van der Waals surface area contributed by atoms with Crippen LogP contribution in [-0.2, 0) is 7.05 Å². The highest BCUT2D eigenvalue weighted by Gasteiger charge is 2.21. The number of nitrogens with zero attached hydrogens (tertiary/aromatic N) is 2. The molecule has 1 aromatic heterocycles. The van der Waals surface area contributed by atoms with Crippen LogP contribution in [0.2, 0.25) is 0 Å². The van der Waals surface area contributed by atoms with Crippen LogP contribution in [0.1, 0.15) is 39.0 Å². The summed E-state index contributed by atoms with van der Waals surface area (Å²) >= 11 is 0. The number of aryl methyl sites for hydroxylation is 1. The highest BCUT2D eigenvalue weighted by molar-refractivity contribution is 5.78. The molecule has 3 nitrogen and oxygen atoms in total. The van der Waals surface area contributed by atoms with E-state index in [2.05, 4.69) is 42.1 Å². The van der Waals surface area contributed by atoms with Crippen molar-refractivity contribution in [2.75, 3.05) is 5.32 Å². The molecule has 1 aliphatic carbocycles. The molecule has 0 saturated heterocycles. The zero-order chi connectivity index (χ0) is 13.2. The van der Waals surface area contributed by atoms with Crippen molar-refractivity contribution in [2.45, 2.75) is 45.1 Å². The maximum atomic E-state index is 4.70. The molecular formula is C16H23N3. The van der Waals surface area contributed by atoms with Gasteiger partial charge in [-0.3, -0.25) is 0 Å². The van der Waals surface area contributed by atoms with Crippen molar-refractivity contribution in [2.24, 2.45) is 13.0 Å². The Balaban J connectivity index is 1.73. The average Bonchev–Trinajstić information content (AvgIpc) is 2.77. The van der Waals surface area contributed by atoms with Gasteiger partial charge in [0.1, 0.15) is 0 Å². The molecule has 0 radical (unpaired) electrons. The summed E-state index contributed by atoms with van der Waals surface area (Å²) in [5.74, 6) is 1.96. The second kappa shape index (κ2) is 5.24. The van der Waals surface area contributed by atoms with Crippen molar-refractivity contribution in [3.63, 3.8) is 0 Å². The van der Waals surface area contributed by atoms with Gasteiger partial charge in [0.2, 0.25) is 5.95 Å². The minimum absolute atomic E-state index is 0.596. The Morgan fingerprint density at radius 2 is 1.95 bits per heavy atom. The van der Waals surface area contributed by atoms with Gasteiger partial charge < -0.3 is 9.88 Å². The molecule has 0 unspecified atom stereocenters. The molecule has 3 rings (SSSR count). The van der Waals surface area contributed by atoms with E-state index in [0.717, 1.165) is 17.4 Å². The summed E-state index contributed by atoms with van der Waals surface area (Å²) in [5, 5.41) is 3.64. The van der Waals surface area contributed by atoms with Gasteiger partial charge in [0.05, 0.1) is 11.0 Å². The number of aromatic nitrogens is 2. The van der Waals surface area contributed by atoms with Gasteiger partial charge in [-0.25, -0.2) is 4.98 Å². The fourth-order valence-corrected chi connectivity index (χ4v) is 3.17. The van der Waals surface area contributed by atoms with Crippen molar-refractivity contribution in [3.8, 4) is 0 Å². The predicted molar refractivity (Wildman–Crippen MR) is 80.4 cm³/mol. The van der Waals surface area contributed by atoms with E-state index in [-0.39, 0.29) is 0 Å². The number of rotatable bonds is 3. The second-order valence-electron chi connectivity index (χ2n) is 5.75. The van der Waals surface area contributed by atoms with Gasteiger partial charge in [0.25, 0.3) is 0 Å². The van der Waals surface area contributed by atoms with Gasteiger partial charge in [-0.1, -0.05) is 25.5 Å². The van der Waals surface area contributed by atoms with Crippen LogP contribution in [0.25, 0.3) is 11.0 Å². The molecule has 1 aliphatic rings. The van der Waals surface area contributed by atoms with Crippen LogP contribution >= 0.6 is 0 Å². The lowest BCUT2D eigenvalue weighted by Gasteiger charge is -2.28. The molecule has 1 N–H and O–H groups in total.